The summed E-state index contributed by atoms with van der Waals surface area (Å²) in [7, 11) is 0. The number of hydrogen-bond acceptors (Lipinski definition) is 2. The molecule has 0 aliphatic rings. The van der Waals surface area contributed by atoms with E-state index in [0.29, 0.717) is 5.92 Å². The lowest BCUT2D eigenvalue weighted by Crippen LogP contribution is -2.04. The van der Waals surface area contributed by atoms with Crippen molar-refractivity contribution in [2.75, 3.05) is 0 Å². The predicted molar refractivity (Wildman–Crippen MR) is 65.3 cm³/mol. The zero-order chi connectivity index (χ0) is 11.5. The Balaban J connectivity index is 2.33. The molecule has 1 heterocycles. The van der Waals surface area contributed by atoms with E-state index < -0.39 is 0 Å². The third-order valence-corrected chi connectivity index (χ3v) is 2.53. The predicted octanol–water partition coefficient (Wildman–Crippen LogP) is 3.25. The van der Waals surface area contributed by atoms with Crippen LogP contribution in [-0.2, 0) is 6.54 Å². The van der Waals surface area contributed by atoms with Crippen LogP contribution in [0.15, 0.2) is 30.6 Å². The Morgan fingerprint density at radius 1 is 1.25 bits per heavy atom. The fraction of sp³-hybridized carbons (Fsp3) is 0.333. The third-order valence-electron chi connectivity index (χ3n) is 2.28. The van der Waals surface area contributed by atoms with Gasteiger partial charge in [0.2, 0.25) is 0 Å². The highest BCUT2D eigenvalue weighted by molar-refractivity contribution is 6.30. The Kier molecular flexibility index (Phi) is 3.25. The first-order valence-corrected chi connectivity index (χ1v) is 5.68. The molecule has 0 N–H and O–H groups in total. The molecule has 0 bridgehead atoms. The van der Waals surface area contributed by atoms with Gasteiger partial charge in [0.15, 0.2) is 5.82 Å². The molecule has 0 unspecified atom stereocenters. The Morgan fingerprint density at radius 2 is 1.94 bits per heavy atom. The minimum absolute atomic E-state index is 0.571. The molecule has 0 amide bonds. The lowest BCUT2D eigenvalue weighted by molar-refractivity contribution is 0.525. The largest absolute Gasteiger partial charge is 0.313 e. The Hall–Kier alpha value is -1.35. The molecule has 0 aliphatic carbocycles. The highest BCUT2D eigenvalue weighted by Gasteiger charge is 2.07. The topological polar surface area (TPSA) is 30.7 Å². The van der Waals surface area contributed by atoms with E-state index in [1.807, 2.05) is 24.3 Å². The molecule has 2 rings (SSSR count). The van der Waals surface area contributed by atoms with Crippen molar-refractivity contribution in [2.24, 2.45) is 5.92 Å². The van der Waals surface area contributed by atoms with E-state index in [2.05, 4.69) is 28.6 Å². The number of hydrogen-bond donors (Lipinski definition) is 0. The summed E-state index contributed by atoms with van der Waals surface area (Å²) < 4.78 is 2.06. The molecule has 1 aromatic heterocycles. The molecule has 0 spiro atoms. The number of aromatic nitrogens is 3. The average molecular weight is 236 g/mol. The number of rotatable bonds is 3. The van der Waals surface area contributed by atoms with Crippen molar-refractivity contribution in [1.29, 1.82) is 0 Å². The normalized spacial score (nSPS) is 11.0. The molecule has 16 heavy (non-hydrogen) atoms. The lowest BCUT2D eigenvalue weighted by atomic mass is 10.2. The van der Waals surface area contributed by atoms with Gasteiger partial charge in [-0.2, -0.15) is 0 Å². The number of nitrogens with zero attached hydrogens (tertiary/aromatic N) is 3. The van der Waals surface area contributed by atoms with Crippen molar-refractivity contribution in [3.8, 4) is 11.4 Å². The molecule has 2 aromatic rings. The first kappa shape index (κ1) is 11.1. The Labute approximate surface area is 100 Å². The zero-order valence-electron chi connectivity index (χ0n) is 9.39. The maximum absolute atomic E-state index is 5.85. The summed E-state index contributed by atoms with van der Waals surface area (Å²) in [6.45, 7) is 5.27. The van der Waals surface area contributed by atoms with E-state index in [4.69, 9.17) is 11.6 Å². The molecule has 1 aromatic carbocycles. The van der Waals surface area contributed by atoms with Crippen molar-refractivity contribution in [3.63, 3.8) is 0 Å². The van der Waals surface area contributed by atoms with Gasteiger partial charge in [-0.3, -0.25) is 0 Å². The van der Waals surface area contributed by atoms with Crippen molar-refractivity contribution in [3.05, 3.63) is 35.6 Å². The molecule has 4 heteroatoms. The van der Waals surface area contributed by atoms with Gasteiger partial charge in [-0.05, 0) is 30.2 Å². The van der Waals surface area contributed by atoms with Crippen LogP contribution in [0.25, 0.3) is 11.4 Å². The zero-order valence-corrected chi connectivity index (χ0v) is 10.1. The number of benzene rings is 1. The summed E-state index contributed by atoms with van der Waals surface area (Å²) in [5.74, 6) is 1.47. The summed E-state index contributed by atoms with van der Waals surface area (Å²) >= 11 is 5.85. The second kappa shape index (κ2) is 4.66. The second-order valence-corrected chi connectivity index (χ2v) is 4.64. The molecule has 84 valence electrons. The van der Waals surface area contributed by atoms with Crippen LogP contribution in [0, 0.1) is 5.92 Å². The fourth-order valence-corrected chi connectivity index (χ4v) is 1.73. The molecule has 0 fully saturated rings. The van der Waals surface area contributed by atoms with Gasteiger partial charge < -0.3 is 4.57 Å². The Morgan fingerprint density at radius 3 is 2.56 bits per heavy atom. The van der Waals surface area contributed by atoms with Crippen LogP contribution in [-0.4, -0.2) is 14.8 Å². The average Bonchev–Trinajstić information content (AvgIpc) is 2.66. The van der Waals surface area contributed by atoms with Gasteiger partial charge in [-0.15, -0.1) is 10.2 Å². The van der Waals surface area contributed by atoms with Crippen LogP contribution in [0.1, 0.15) is 13.8 Å². The van der Waals surface area contributed by atoms with Crippen molar-refractivity contribution < 1.29 is 0 Å². The van der Waals surface area contributed by atoms with Crippen molar-refractivity contribution in [1.82, 2.24) is 14.8 Å². The maximum Gasteiger partial charge on any atom is 0.163 e. The van der Waals surface area contributed by atoms with Crippen LogP contribution in [0.5, 0.6) is 0 Å². The van der Waals surface area contributed by atoms with Gasteiger partial charge in [0.25, 0.3) is 0 Å². The van der Waals surface area contributed by atoms with E-state index in [1.165, 1.54) is 0 Å². The quantitative estimate of drug-likeness (QED) is 0.818. The first-order valence-electron chi connectivity index (χ1n) is 5.30. The smallest absolute Gasteiger partial charge is 0.163 e. The van der Waals surface area contributed by atoms with Crippen LogP contribution < -0.4 is 0 Å². The molecule has 0 saturated carbocycles. The van der Waals surface area contributed by atoms with E-state index in [-0.39, 0.29) is 0 Å². The third kappa shape index (κ3) is 2.42. The fourth-order valence-electron chi connectivity index (χ4n) is 1.60. The molecule has 0 radical (unpaired) electrons. The van der Waals surface area contributed by atoms with Gasteiger partial charge in [-0.25, -0.2) is 0 Å². The van der Waals surface area contributed by atoms with E-state index >= 15 is 0 Å². The van der Waals surface area contributed by atoms with Crippen LogP contribution in [0.2, 0.25) is 5.02 Å². The molecule has 0 atom stereocenters. The molecule has 0 aliphatic heterocycles. The minimum Gasteiger partial charge on any atom is -0.313 e. The van der Waals surface area contributed by atoms with Gasteiger partial charge >= 0.3 is 0 Å². The van der Waals surface area contributed by atoms with E-state index in [9.17, 15) is 0 Å². The molecular weight excluding hydrogens is 222 g/mol. The maximum atomic E-state index is 5.85. The van der Waals surface area contributed by atoms with Gasteiger partial charge in [0.1, 0.15) is 6.33 Å². The molecular formula is C12H14ClN3. The standard InChI is InChI=1S/C12H14ClN3/c1-9(2)7-16-8-14-15-12(16)10-3-5-11(13)6-4-10/h3-6,8-9H,7H2,1-2H3. The summed E-state index contributed by atoms with van der Waals surface area (Å²) in [4.78, 5) is 0. The number of halogens is 1. The Bertz CT molecular complexity index is 459. The van der Waals surface area contributed by atoms with Gasteiger partial charge in [0.05, 0.1) is 0 Å². The second-order valence-electron chi connectivity index (χ2n) is 4.21. The highest BCUT2D eigenvalue weighted by atomic mass is 35.5. The van der Waals surface area contributed by atoms with E-state index in [0.717, 1.165) is 23.0 Å². The van der Waals surface area contributed by atoms with Crippen molar-refractivity contribution >= 4 is 11.6 Å². The first-order chi connectivity index (χ1) is 7.66. The molecule has 0 saturated heterocycles. The van der Waals surface area contributed by atoms with E-state index in [1.54, 1.807) is 6.33 Å². The highest BCUT2D eigenvalue weighted by Crippen LogP contribution is 2.19. The molecule has 3 nitrogen and oxygen atoms in total. The summed E-state index contributed by atoms with van der Waals surface area (Å²) in [5, 5.41) is 8.83. The van der Waals surface area contributed by atoms with Crippen molar-refractivity contribution in [2.45, 2.75) is 20.4 Å². The van der Waals surface area contributed by atoms with Gasteiger partial charge in [-0.1, -0.05) is 25.4 Å². The lowest BCUT2D eigenvalue weighted by Gasteiger charge is -2.08. The summed E-state index contributed by atoms with van der Waals surface area (Å²) in [6.07, 6.45) is 1.77. The minimum atomic E-state index is 0.571. The van der Waals surface area contributed by atoms with Crippen LogP contribution in [0.3, 0.4) is 0 Å². The summed E-state index contributed by atoms with van der Waals surface area (Å²) in [6, 6.07) is 7.66. The van der Waals surface area contributed by atoms with Gasteiger partial charge in [0, 0.05) is 17.1 Å². The van der Waals surface area contributed by atoms with Crippen LogP contribution in [0.4, 0.5) is 0 Å². The monoisotopic (exact) mass is 235 g/mol. The SMILES string of the molecule is CC(C)Cn1cnnc1-c1ccc(Cl)cc1. The van der Waals surface area contributed by atoms with Crippen LogP contribution >= 0.6 is 11.6 Å². The summed E-state index contributed by atoms with van der Waals surface area (Å²) in [5.41, 5.74) is 1.04.